The molecule has 2 aromatic rings. The Morgan fingerprint density at radius 1 is 1.04 bits per heavy atom. The van der Waals surface area contributed by atoms with Gasteiger partial charge in [0.05, 0.1) is 31.4 Å². The van der Waals surface area contributed by atoms with E-state index in [1.165, 1.54) is 45.6 Å². The maximum atomic E-state index is 12.6. The number of carbonyl (C=O) groups excluding carboxylic acids is 1. The first-order valence-corrected chi connectivity index (χ1v) is 9.51. The van der Waals surface area contributed by atoms with Crippen LogP contribution in [-0.4, -0.2) is 48.8 Å². The molecule has 0 aliphatic rings. The van der Waals surface area contributed by atoms with Crippen LogP contribution in [0.15, 0.2) is 47.4 Å². The van der Waals surface area contributed by atoms with E-state index < -0.39 is 15.9 Å². The second kappa shape index (κ2) is 9.36. The number of sulfonamides is 1. The summed E-state index contributed by atoms with van der Waals surface area (Å²) < 4.78 is 42.2. The van der Waals surface area contributed by atoms with E-state index in [0.29, 0.717) is 17.2 Å². The number of hydrogen-bond donors (Lipinski definition) is 2. The maximum Gasteiger partial charge on any atom is 0.255 e. The smallest absolute Gasteiger partial charge is 0.255 e. The van der Waals surface area contributed by atoms with Crippen LogP contribution in [0.4, 0.5) is 5.69 Å². The summed E-state index contributed by atoms with van der Waals surface area (Å²) in [7, 11) is 0.733. The van der Waals surface area contributed by atoms with Crippen molar-refractivity contribution in [3.63, 3.8) is 0 Å². The third-order valence-electron chi connectivity index (χ3n) is 3.66. The molecular formula is C18H22N2O6S. The summed E-state index contributed by atoms with van der Waals surface area (Å²) in [6.07, 6.45) is 0. The molecule has 2 aromatic carbocycles. The van der Waals surface area contributed by atoms with Crippen LogP contribution in [0, 0.1) is 0 Å². The van der Waals surface area contributed by atoms with Crippen molar-refractivity contribution < 1.29 is 27.4 Å². The van der Waals surface area contributed by atoms with Gasteiger partial charge in [-0.05, 0) is 30.3 Å². The Balaban J connectivity index is 2.23. The molecule has 2 rings (SSSR count). The molecule has 0 atom stereocenters. The molecule has 0 aliphatic carbocycles. The van der Waals surface area contributed by atoms with Gasteiger partial charge in [-0.15, -0.1) is 0 Å². The van der Waals surface area contributed by atoms with Gasteiger partial charge in [-0.25, -0.2) is 13.1 Å². The molecule has 0 spiro atoms. The number of rotatable bonds is 9. The van der Waals surface area contributed by atoms with Crippen LogP contribution in [0.3, 0.4) is 0 Å². The van der Waals surface area contributed by atoms with E-state index in [-0.39, 0.29) is 23.6 Å². The highest BCUT2D eigenvalue weighted by Gasteiger charge is 2.17. The summed E-state index contributed by atoms with van der Waals surface area (Å²) in [5, 5.41) is 2.70. The number of benzene rings is 2. The van der Waals surface area contributed by atoms with Crippen LogP contribution in [0.1, 0.15) is 10.4 Å². The molecule has 8 nitrogen and oxygen atoms in total. The van der Waals surface area contributed by atoms with Crippen molar-refractivity contribution in [3.8, 4) is 11.5 Å². The fourth-order valence-electron chi connectivity index (χ4n) is 2.27. The molecule has 0 aliphatic heterocycles. The zero-order valence-corrected chi connectivity index (χ0v) is 16.1. The highest BCUT2D eigenvalue weighted by molar-refractivity contribution is 7.89. The molecule has 2 N–H and O–H groups in total. The van der Waals surface area contributed by atoms with Gasteiger partial charge in [0, 0.05) is 25.3 Å². The summed E-state index contributed by atoms with van der Waals surface area (Å²) in [4.78, 5) is 12.6. The zero-order valence-electron chi connectivity index (χ0n) is 15.3. The first-order valence-electron chi connectivity index (χ1n) is 8.03. The van der Waals surface area contributed by atoms with E-state index in [1.54, 1.807) is 18.2 Å². The van der Waals surface area contributed by atoms with Gasteiger partial charge in [-0.1, -0.05) is 6.07 Å². The topological polar surface area (TPSA) is 103 Å². The van der Waals surface area contributed by atoms with Crippen molar-refractivity contribution in [1.29, 1.82) is 0 Å². The van der Waals surface area contributed by atoms with Gasteiger partial charge in [0.2, 0.25) is 10.0 Å². The lowest BCUT2D eigenvalue weighted by molar-refractivity contribution is 0.102. The molecular weight excluding hydrogens is 372 g/mol. The summed E-state index contributed by atoms with van der Waals surface area (Å²) in [6.45, 7) is 0.380. The van der Waals surface area contributed by atoms with Gasteiger partial charge in [0.15, 0.2) is 0 Å². The molecule has 0 bridgehead atoms. The number of methoxy groups -OCH3 is 3. The second-order valence-corrected chi connectivity index (χ2v) is 7.21. The number of carbonyl (C=O) groups is 1. The van der Waals surface area contributed by atoms with E-state index in [9.17, 15) is 13.2 Å². The Kier molecular flexibility index (Phi) is 7.17. The molecule has 0 unspecified atom stereocenters. The maximum absolute atomic E-state index is 12.6. The normalized spacial score (nSPS) is 11.1. The third kappa shape index (κ3) is 5.43. The number of ether oxygens (including phenoxy) is 3. The average Bonchev–Trinajstić information content (AvgIpc) is 2.68. The van der Waals surface area contributed by atoms with E-state index in [1.807, 2.05) is 0 Å². The third-order valence-corrected chi connectivity index (χ3v) is 5.12. The molecule has 0 heterocycles. The zero-order chi connectivity index (χ0) is 19.9. The Hall–Kier alpha value is -2.62. The fraction of sp³-hybridized carbons (Fsp3) is 0.278. The Bertz CT molecular complexity index is 898. The molecule has 146 valence electrons. The average molecular weight is 394 g/mol. The van der Waals surface area contributed by atoms with E-state index in [4.69, 9.17) is 14.2 Å². The van der Waals surface area contributed by atoms with Crippen molar-refractivity contribution in [1.82, 2.24) is 4.72 Å². The predicted octanol–water partition coefficient (Wildman–Crippen LogP) is 1.88. The molecule has 0 saturated carbocycles. The minimum absolute atomic E-state index is 0.0103. The van der Waals surface area contributed by atoms with Gasteiger partial charge in [-0.2, -0.15) is 0 Å². The fourth-order valence-corrected chi connectivity index (χ4v) is 3.33. The van der Waals surface area contributed by atoms with E-state index in [2.05, 4.69) is 10.0 Å². The largest absolute Gasteiger partial charge is 0.497 e. The molecule has 0 aromatic heterocycles. The standard InChI is InChI=1S/C18H22N2O6S/c1-24-10-9-19-27(22,23)15-6-4-5-13(11-15)18(21)20-16-12-14(25-2)7-8-17(16)26-3/h4-8,11-12,19H,9-10H2,1-3H3,(H,20,21). The minimum atomic E-state index is -3.74. The van der Waals surface area contributed by atoms with Crippen LogP contribution < -0.4 is 19.5 Å². The van der Waals surface area contributed by atoms with Crippen LogP contribution in [0.25, 0.3) is 0 Å². The Morgan fingerprint density at radius 2 is 1.81 bits per heavy atom. The molecule has 0 saturated heterocycles. The summed E-state index contributed by atoms with van der Waals surface area (Å²) in [5.74, 6) is 0.523. The number of nitrogens with one attached hydrogen (secondary N) is 2. The van der Waals surface area contributed by atoms with Crippen molar-refractivity contribution in [2.45, 2.75) is 4.90 Å². The monoisotopic (exact) mass is 394 g/mol. The van der Waals surface area contributed by atoms with E-state index >= 15 is 0 Å². The molecule has 27 heavy (non-hydrogen) atoms. The lowest BCUT2D eigenvalue weighted by Crippen LogP contribution is -2.27. The van der Waals surface area contributed by atoms with Gasteiger partial charge >= 0.3 is 0 Å². The van der Waals surface area contributed by atoms with Crippen LogP contribution in [0.2, 0.25) is 0 Å². The molecule has 0 fully saturated rings. The van der Waals surface area contributed by atoms with Gasteiger partial charge < -0.3 is 19.5 Å². The molecule has 9 heteroatoms. The predicted molar refractivity (Wildman–Crippen MR) is 101 cm³/mol. The summed E-state index contributed by atoms with van der Waals surface area (Å²) in [6, 6.07) is 10.7. The highest BCUT2D eigenvalue weighted by atomic mass is 32.2. The van der Waals surface area contributed by atoms with Crippen molar-refractivity contribution in [3.05, 3.63) is 48.0 Å². The SMILES string of the molecule is COCCNS(=O)(=O)c1cccc(C(=O)Nc2cc(OC)ccc2OC)c1. The van der Waals surface area contributed by atoms with Crippen molar-refractivity contribution in [2.24, 2.45) is 0 Å². The van der Waals surface area contributed by atoms with Crippen molar-refractivity contribution in [2.75, 3.05) is 39.8 Å². The Morgan fingerprint density at radius 3 is 2.48 bits per heavy atom. The number of amides is 1. The summed E-state index contributed by atoms with van der Waals surface area (Å²) in [5.41, 5.74) is 0.600. The highest BCUT2D eigenvalue weighted by Crippen LogP contribution is 2.29. The number of anilines is 1. The molecule has 0 radical (unpaired) electrons. The van der Waals surface area contributed by atoms with Crippen LogP contribution >= 0.6 is 0 Å². The van der Waals surface area contributed by atoms with Crippen LogP contribution in [-0.2, 0) is 14.8 Å². The first-order chi connectivity index (χ1) is 12.9. The van der Waals surface area contributed by atoms with Gasteiger partial charge in [-0.3, -0.25) is 4.79 Å². The van der Waals surface area contributed by atoms with Crippen molar-refractivity contribution >= 4 is 21.6 Å². The van der Waals surface area contributed by atoms with Crippen LogP contribution in [0.5, 0.6) is 11.5 Å². The first kappa shape index (κ1) is 20.7. The summed E-state index contributed by atoms with van der Waals surface area (Å²) >= 11 is 0. The lowest BCUT2D eigenvalue weighted by atomic mass is 10.2. The van der Waals surface area contributed by atoms with Gasteiger partial charge in [0.1, 0.15) is 11.5 Å². The van der Waals surface area contributed by atoms with Gasteiger partial charge in [0.25, 0.3) is 5.91 Å². The van der Waals surface area contributed by atoms with E-state index in [0.717, 1.165) is 0 Å². The quantitative estimate of drug-likeness (QED) is 0.630. The molecule has 1 amide bonds. The minimum Gasteiger partial charge on any atom is -0.497 e. The second-order valence-electron chi connectivity index (χ2n) is 5.44. The lowest BCUT2D eigenvalue weighted by Gasteiger charge is -2.12. The number of hydrogen-bond acceptors (Lipinski definition) is 6. The Labute approximate surface area is 158 Å².